The van der Waals surface area contributed by atoms with Gasteiger partial charge in [0.15, 0.2) is 11.5 Å². The van der Waals surface area contributed by atoms with Gasteiger partial charge in [-0.15, -0.1) is 13.2 Å². The molecule has 0 saturated carbocycles. The molecule has 1 atom stereocenters. The highest BCUT2D eigenvalue weighted by Crippen LogP contribution is 2.41. The third-order valence-corrected chi connectivity index (χ3v) is 4.53. The Balaban J connectivity index is 2.37. The summed E-state index contributed by atoms with van der Waals surface area (Å²) in [6, 6.07) is 2.54. The molecule has 2 rings (SSSR count). The number of allylic oxidation sites excluding steroid dienone is 2. The van der Waals surface area contributed by atoms with Crippen LogP contribution in [0.5, 0.6) is 11.5 Å². The molecule has 0 bridgehead atoms. The highest BCUT2D eigenvalue weighted by Gasteiger charge is 2.26. The summed E-state index contributed by atoms with van der Waals surface area (Å²) in [5.41, 5.74) is 4.00. The van der Waals surface area contributed by atoms with Crippen LogP contribution in [-0.2, 0) is 12.8 Å². The van der Waals surface area contributed by atoms with Crippen molar-refractivity contribution in [3.8, 4) is 11.5 Å². The zero-order valence-electron chi connectivity index (χ0n) is 14.5. The molecule has 0 radical (unpaired) electrons. The zero-order valence-corrected chi connectivity index (χ0v) is 14.5. The fraction of sp³-hybridized carbons (Fsp3) is 0.500. The van der Waals surface area contributed by atoms with Crippen LogP contribution in [-0.4, -0.2) is 20.8 Å². The van der Waals surface area contributed by atoms with Gasteiger partial charge in [0, 0.05) is 11.6 Å². The predicted octanol–water partition coefficient (Wildman–Crippen LogP) is 4.37. The Hall–Kier alpha value is -1.74. The first-order valence-electron chi connectivity index (χ1n) is 8.48. The molecule has 0 spiro atoms. The summed E-state index contributed by atoms with van der Waals surface area (Å²) >= 11 is 0. The molecule has 1 aromatic carbocycles. The number of benzene rings is 1. The molecule has 0 saturated heterocycles. The Morgan fingerprint density at radius 2 is 2.04 bits per heavy atom. The van der Waals surface area contributed by atoms with Crippen molar-refractivity contribution in [1.29, 1.82) is 0 Å². The number of rotatable bonds is 9. The molecule has 1 heterocycles. The van der Waals surface area contributed by atoms with E-state index < -0.39 is 0 Å². The Bertz CT molecular complexity index is 551. The lowest BCUT2D eigenvalue weighted by Gasteiger charge is -2.31. The standard InChI is InChI=1S/C20H29NO2/c1-5-7-8-9-11-17-19-15(12-13-21-17)14-18(22-3)20(23-4)16(19)10-6-2/h5-6,14,17,21H,1-2,7-13H2,3-4H3. The predicted molar refractivity (Wildman–Crippen MR) is 96.6 cm³/mol. The van der Waals surface area contributed by atoms with Gasteiger partial charge < -0.3 is 14.8 Å². The molecule has 0 amide bonds. The lowest BCUT2D eigenvalue weighted by molar-refractivity contribution is 0.348. The quantitative estimate of drug-likeness (QED) is 0.542. The van der Waals surface area contributed by atoms with Crippen molar-refractivity contribution in [3.63, 3.8) is 0 Å². The number of methoxy groups -OCH3 is 2. The number of ether oxygens (including phenoxy) is 2. The van der Waals surface area contributed by atoms with Crippen LogP contribution in [0.25, 0.3) is 0 Å². The largest absolute Gasteiger partial charge is 0.493 e. The third-order valence-electron chi connectivity index (χ3n) is 4.53. The molecule has 0 aromatic heterocycles. The third kappa shape index (κ3) is 3.97. The summed E-state index contributed by atoms with van der Waals surface area (Å²) in [4.78, 5) is 0. The number of hydrogen-bond donors (Lipinski definition) is 1. The highest BCUT2D eigenvalue weighted by molar-refractivity contribution is 5.57. The van der Waals surface area contributed by atoms with E-state index in [0.717, 1.165) is 43.7 Å². The van der Waals surface area contributed by atoms with E-state index in [1.54, 1.807) is 14.2 Å². The number of fused-ring (bicyclic) bond motifs is 1. The molecule has 1 N–H and O–H groups in total. The lowest BCUT2D eigenvalue weighted by atomic mass is 9.85. The average Bonchev–Trinajstić information content (AvgIpc) is 2.58. The Morgan fingerprint density at radius 1 is 1.22 bits per heavy atom. The summed E-state index contributed by atoms with van der Waals surface area (Å²) in [7, 11) is 3.42. The van der Waals surface area contributed by atoms with Gasteiger partial charge in [-0.1, -0.05) is 18.6 Å². The molecular weight excluding hydrogens is 286 g/mol. The van der Waals surface area contributed by atoms with Crippen molar-refractivity contribution < 1.29 is 9.47 Å². The van der Waals surface area contributed by atoms with Gasteiger partial charge in [0.05, 0.1) is 14.2 Å². The molecule has 1 aliphatic rings. The van der Waals surface area contributed by atoms with Gasteiger partial charge in [-0.05, 0) is 55.8 Å². The number of unbranched alkanes of at least 4 members (excludes halogenated alkanes) is 2. The van der Waals surface area contributed by atoms with E-state index in [4.69, 9.17) is 9.47 Å². The zero-order chi connectivity index (χ0) is 16.7. The molecule has 1 aromatic rings. The first-order valence-corrected chi connectivity index (χ1v) is 8.48. The van der Waals surface area contributed by atoms with E-state index in [1.165, 1.54) is 29.5 Å². The SMILES string of the molecule is C=CCCCCC1NCCc2cc(OC)c(OC)c(CC=C)c21. The van der Waals surface area contributed by atoms with E-state index in [0.29, 0.717) is 6.04 Å². The first kappa shape index (κ1) is 17.6. The van der Waals surface area contributed by atoms with Crippen molar-refractivity contribution in [3.05, 3.63) is 48.1 Å². The van der Waals surface area contributed by atoms with Crippen LogP contribution in [0.15, 0.2) is 31.4 Å². The number of nitrogens with one attached hydrogen (secondary N) is 1. The maximum atomic E-state index is 5.66. The summed E-state index contributed by atoms with van der Waals surface area (Å²) in [6.45, 7) is 8.74. The summed E-state index contributed by atoms with van der Waals surface area (Å²) in [6.07, 6.45) is 10.4. The minimum atomic E-state index is 0.387. The monoisotopic (exact) mass is 315 g/mol. The van der Waals surface area contributed by atoms with Gasteiger partial charge in [0.2, 0.25) is 0 Å². The molecular formula is C20H29NO2. The lowest BCUT2D eigenvalue weighted by Crippen LogP contribution is -2.31. The topological polar surface area (TPSA) is 30.5 Å². The Morgan fingerprint density at radius 3 is 2.70 bits per heavy atom. The summed E-state index contributed by atoms with van der Waals surface area (Å²) in [5, 5.41) is 3.68. The van der Waals surface area contributed by atoms with E-state index in [-0.39, 0.29) is 0 Å². The molecule has 0 aliphatic carbocycles. The van der Waals surface area contributed by atoms with Crippen LogP contribution < -0.4 is 14.8 Å². The molecule has 3 nitrogen and oxygen atoms in total. The van der Waals surface area contributed by atoms with Crippen LogP contribution in [0.4, 0.5) is 0 Å². The highest BCUT2D eigenvalue weighted by atomic mass is 16.5. The Labute approximate surface area is 140 Å². The van der Waals surface area contributed by atoms with E-state index >= 15 is 0 Å². The maximum absolute atomic E-state index is 5.66. The van der Waals surface area contributed by atoms with Crippen LogP contribution >= 0.6 is 0 Å². The van der Waals surface area contributed by atoms with Crippen LogP contribution in [0.1, 0.15) is 48.4 Å². The fourth-order valence-electron chi connectivity index (χ4n) is 3.50. The molecule has 3 heteroatoms. The average molecular weight is 315 g/mol. The molecule has 1 unspecified atom stereocenters. The molecule has 1 aliphatic heterocycles. The smallest absolute Gasteiger partial charge is 0.164 e. The second-order valence-corrected chi connectivity index (χ2v) is 5.99. The summed E-state index contributed by atoms with van der Waals surface area (Å²) < 4.78 is 11.2. The van der Waals surface area contributed by atoms with Gasteiger partial charge in [0.25, 0.3) is 0 Å². The van der Waals surface area contributed by atoms with Crippen molar-refractivity contribution in [2.24, 2.45) is 0 Å². The van der Waals surface area contributed by atoms with Crippen molar-refractivity contribution in [2.45, 2.75) is 44.6 Å². The van der Waals surface area contributed by atoms with Crippen molar-refractivity contribution >= 4 is 0 Å². The first-order chi connectivity index (χ1) is 11.3. The minimum Gasteiger partial charge on any atom is -0.493 e. The van der Waals surface area contributed by atoms with E-state index in [2.05, 4.69) is 24.5 Å². The van der Waals surface area contributed by atoms with Gasteiger partial charge in [-0.25, -0.2) is 0 Å². The normalized spacial score (nSPS) is 16.5. The van der Waals surface area contributed by atoms with Gasteiger partial charge in [0.1, 0.15) is 0 Å². The Kier molecular flexibility index (Phi) is 6.72. The van der Waals surface area contributed by atoms with E-state index in [9.17, 15) is 0 Å². The van der Waals surface area contributed by atoms with E-state index in [1.807, 2.05) is 12.2 Å². The molecule has 0 fully saturated rings. The molecule has 126 valence electrons. The van der Waals surface area contributed by atoms with Crippen molar-refractivity contribution in [1.82, 2.24) is 5.32 Å². The molecule has 23 heavy (non-hydrogen) atoms. The van der Waals surface area contributed by atoms with Crippen LogP contribution in [0.3, 0.4) is 0 Å². The van der Waals surface area contributed by atoms with Gasteiger partial charge >= 0.3 is 0 Å². The van der Waals surface area contributed by atoms with Gasteiger partial charge in [-0.3, -0.25) is 0 Å². The van der Waals surface area contributed by atoms with Crippen LogP contribution in [0.2, 0.25) is 0 Å². The van der Waals surface area contributed by atoms with Crippen molar-refractivity contribution in [2.75, 3.05) is 20.8 Å². The maximum Gasteiger partial charge on any atom is 0.164 e. The number of hydrogen-bond acceptors (Lipinski definition) is 3. The summed E-state index contributed by atoms with van der Waals surface area (Å²) in [5.74, 6) is 1.68. The van der Waals surface area contributed by atoms with Crippen LogP contribution in [0, 0.1) is 0 Å². The second kappa shape index (κ2) is 8.78. The van der Waals surface area contributed by atoms with Gasteiger partial charge in [-0.2, -0.15) is 0 Å². The minimum absolute atomic E-state index is 0.387. The fourth-order valence-corrected chi connectivity index (χ4v) is 3.50. The second-order valence-electron chi connectivity index (χ2n) is 5.99.